The Bertz CT molecular complexity index is 428. The maximum atomic E-state index is 12.0. The Morgan fingerprint density at radius 2 is 2.11 bits per heavy atom. The zero-order chi connectivity index (χ0) is 14.4. The number of carbonyl (C=O) groups is 1. The molecular weight excluding hydrogens is 240 g/mol. The van der Waals surface area contributed by atoms with Gasteiger partial charge in [0.25, 0.3) is 0 Å². The molecule has 1 rings (SSSR count). The van der Waals surface area contributed by atoms with E-state index in [0.29, 0.717) is 19.5 Å². The van der Waals surface area contributed by atoms with Crippen molar-refractivity contribution in [2.24, 2.45) is 5.73 Å². The van der Waals surface area contributed by atoms with Crippen LogP contribution in [0.15, 0.2) is 18.2 Å². The normalized spacial score (nSPS) is 12.3. The van der Waals surface area contributed by atoms with Crippen LogP contribution in [-0.4, -0.2) is 37.6 Å². The summed E-state index contributed by atoms with van der Waals surface area (Å²) in [7, 11) is 3.39. The van der Waals surface area contributed by atoms with Crippen molar-refractivity contribution in [3.05, 3.63) is 34.9 Å². The van der Waals surface area contributed by atoms with Crippen molar-refractivity contribution >= 4 is 5.91 Å². The van der Waals surface area contributed by atoms with Crippen LogP contribution in [0.25, 0.3) is 0 Å². The van der Waals surface area contributed by atoms with E-state index in [2.05, 4.69) is 32.0 Å². The standard InChI is InChI=1S/C15H24N2O2/c1-11-5-6-13(12(2)7-11)10-17(3)15(18)8-14(9-16)19-4/h5-7,14H,8-10,16H2,1-4H3. The number of hydrogen-bond acceptors (Lipinski definition) is 3. The lowest BCUT2D eigenvalue weighted by atomic mass is 10.1. The highest BCUT2D eigenvalue weighted by Gasteiger charge is 2.16. The quantitative estimate of drug-likeness (QED) is 0.849. The Kier molecular flexibility index (Phi) is 5.99. The summed E-state index contributed by atoms with van der Waals surface area (Å²) < 4.78 is 5.14. The SMILES string of the molecule is COC(CN)CC(=O)N(C)Cc1ccc(C)cc1C. The monoisotopic (exact) mass is 264 g/mol. The van der Waals surface area contributed by atoms with Crippen LogP contribution in [0, 0.1) is 13.8 Å². The van der Waals surface area contributed by atoms with Gasteiger partial charge in [-0.05, 0) is 25.0 Å². The van der Waals surface area contributed by atoms with Gasteiger partial charge in [0.05, 0.1) is 12.5 Å². The third-order valence-electron chi connectivity index (χ3n) is 3.33. The predicted molar refractivity (Wildman–Crippen MR) is 76.9 cm³/mol. The summed E-state index contributed by atoms with van der Waals surface area (Å²) in [6.45, 7) is 5.11. The second-order valence-electron chi connectivity index (χ2n) is 4.98. The summed E-state index contributed by atoms with van der Waals surface area (Å²) in [6.07, 6.45) is 0.128. The molecule has 1 atom stereocenters. The minimum Gasteiger partial charge on any atom is -0.380 e. The number of carbonyl (C=O) groups excluding carboxylic acids is 1. The zero-order valence-electron chi connectivity index (χ0n) is 12.3. The van der Waals surface area contributed by atoms with Crippen molar-refractivity contribution in [1.29, 1.82) is 0 Å². The molecule has 0 bridgehead atoms. The highest BCUT2D eigenvalue weighted by molar-refractivity contribution is 5.76. The fourth-order valence-electron chi connectivity index (χ4n) is 1.98. The zero-order valence-corrected chi connectivity index (χ0v) is 12.3. The molecule has 1 amide bonds. The number of ether oxygens (including phenoxy) is 1. The Morgan fingerprint density at radius 3 is 2.63 bits per heavy atom. The first-order valence-corrected chi connectivity index (χ1v) is 6.51. The van der Waals surface area contributed by atoms with Crippen LogP contribution in [0.2, 0.25) is 0 Å². The number of methoxy groups -OCH3 is 1. The molecule has 1 aromatic rings. The van der Waals surface area contributed by atoms with E-state index in [4.69, 9.17) is 10.5 Å². The molecule has 1 unspecified atom stereocenters. The van der Waals surface area contributed by atoms with E-state index in [0.717, 1.165) is 0 Å². The molecule has 0 aromatic heterocycles. The molecule has 2 N–H and O–H groups in total. The van der Waals surface area contributed by atoms with E-state index in [1.54, 1.807) is 12.0 Å². The van der Waals surface area contributed by atoms with Crippen LogP contribution in [0.1, 0.15) is 23.1 Å². The number of rotatable bonds is 6. The molecule has 0 aliphatic carbocycles. The number of hydrogen-bond donors (Lipinski definition) is 1. The van der Waals surface area contributed by atoms with Gasteiger partial charge < -0.3 is 15.4 Å². The molecule has 4 heteroatoms. The Morgan fingerprint density at radius 1 is 1.42 bits per heavy atom. The predicted octanol–water partition coefficient (Wildman–Crippen LogP) is 1.63. The van der Waals surface area contributed by atoms with Crippen LogP contribution in [0.3, 0.4) is 0 Å². The van der Waals surface area contributed by atoms with Gasteiger partial charge in [0.2, 0.25) is 5.91 Å². The molecule has 0 heterocycles. The van der Waals surface area contributed by atoms with Crippen molar-refractivity contribution in [2.45, 2.75) is 32.9 Å². The van der Waals surface area contributed by atoms with Gasteiger partial charge in [0, 0.05) is 27.2 Å². The van der Waals surface area contributed by atoms with Crippen LogP contribution in [-0.2, 0) is 16.1 Å². The average molecular weight is 264 g/mol. The number of nitrogens with two attached hydrogens (primary N) is 1. The van der Waals surface area contributed by atoms with Gasteiger partial charge in [-0.2, -0.15) is 0 Å². The van der Waals surface area contributed by atoms with Crippen LogP contribution >= 0.6 is 0 Å². The molecule has 0 fully saturated rings. The van der Waals surface area contributed by atoms with Crippen molar-refractivity contribution < 1.29 is 9.53 Å². The summed E-state index contributed by atoms with van der Waals surface area (Å²) in [5.74, 6) is 0.0530. The van der Waals surface area contributed by atoms with Crippen molar-refractivity contribution in [3.63, 3.8) is 0 Å². The molecular formula is C15H24N2O2. The number of nitrogens with zero attached hydrogens (tertiary/aromatic N) is 1. The fraction of sp³-hybridized carbons (Fsp3) is 0.533. The molecule has 0 aliphatic heterocycles. The van der Waals surface area contributed by atoms with E-state index in [1.165, 1.54) is 16.7 Å². The highest BCUT2D eigenvalue weighted by Crippen LogP contribution is 2.13. The van der Waals surface area contributed by atoms with Gasteiger partial charge >= 0.3 is 0 Å². The second-order valence-corrected chi connectivity index (χ2v) is 4.98. The van der Waals surface area contributed by atoms with Gasteiger partial charge in [-0.1, -0.05) is 23.8 Å². The molecule has 0 saturated carbocycles. The van der Waals surface area contributed by atoms with Crippen molar-refractivity contribution in [2.75, 3.05) is 20.7 Å². The first-order chi connectivity index (χ1) is 8.97. The molecule has 1 aromatic carbocycles. The van der Waals surface area contributed by atoms with E-state index in [1.807, 2.05) is 7.05 Å². The third-order valence-corrected chi connectivity index (χ3v) is 3.33. The molecule has 4 nitrogen and oxygen atoms in total. The van der Waals surface area contributed by atoms with Gasteiger partial charge in [0.15, 0.2) is 0 Å². The lowest BCUT2D eigenvalue weighted by molar-refractivity contribution is -0.132. The molecule has 106 valence electrons. The Labute approximate surface area is 115 Å². The van der Waals surface area contributed by atoms with Crippen LogP contribution in [0.5, 0.6) is 0 Å². The minimum atomic E-state index is -0.200. The van der Waals surface area contributed by atoms with Gasteiger partial charge in [-0.25, -0.2) is 0 Å². The molecule has 0 spiro atoms. The highest BCUT2D eigenvalue weighted by atomic mass is 16.5. The van der Waals surface area contributed by atoms with Gasteiger partial charge in [-0.15, -0.1) is 0 Å². The van der Waals surface area contributed by atoms with Gasteiger partial charge in [0.1, 0.15) is 0 Å². The molecule has 19 heavy (non-hydrogen) atoms. The van der Waals surface area contributed by atoms with Crippen LogP contribution < -0.4 is 5.73 Å². The smallest absolute Gasteiger partial charge is 0.225 e. The maximum absolute atomic E-state index is 12.0. The number of amides is 1. The summed E-state index contributed by atoms with van der Waals surface area (Å²) in [5.41, 5.74) is 9.14. The summed E-state index contributed by atoms with van der Waals surface area (Å²) in [4.78, 5) is 13.8. The first kappa shape index (κ1) is 15.7. The lowest BCUT2D eigenvalue weighted by Gasteiger charge is -2.21. The maximum Gasteiger partial charge on any atom is 0.225 e. The number of benzene rings is 1. The minimum absolute atomic E-state index is 0.0530. The Balaban J connectivity index is 2.63. The van der Waals surface area contributed by atoms with E-state index in [-0.39, 0.29) is 12.0 Å². The van der Waals surface area contributed by atoms with E-state index in [9.17, 15) is 4.79 Å². The first-order valence-electron chi connectivity index (χ1n) is 6.51. The van der Waals surface area contributed by atoms with E-state index >= 15 is 0 Å². The second kappa shape index (κ2) is 7.26. The fourth-order valence-corrected chi connectivity index (χ4v) is 1.98. The average Bonchev–Trinajstić information content (AvgIpc) is 2.38. The third kappa shape index (κ3) is 4.65. The summed E-state index contributed by atoms with van der Waals surface area (Å²) in [5, 5.41) is 0. The number of aryl methyl sites for hydroxylation is 2. The van der Waals surface area contributed by atoms with Gasteiger partial charge in [-0.3, -0.25) is 4.79 Å². The lowest BCUT2D eigenvalue weighted by Crippen LogP contribution is -2.33. The summed E-state index contributed by atoms with van der Waals surface area (Å²) in [6, 6.07) is 6.27. The summed E-state index contributed by atoms with van der Waals surface area (Å²) >= 11 is 0. The largest absolute Gasteiger partial charge is 0.380 e. The molecule has 0 saturated heterocycles. The molecule has 0 aliphatic rings. The molecule has 0 radical (unpaired) electrons. The van der Waals surface area contributed by atoms with E-state index < -0.39 is 0 Å². The van der Waals surface area contributed by atoms with Crippen LogP contribution in [0.4, 0.5) is 0 Å². The van der Waals surface area contributed by atoms with Crippen molar-refractivity contribution in [3.8, 4) is 0 Å². The topological polar surface area (TPSA) is 55.6 Å². The van der Waals surface area contributed by atoms with Crippen molar-refractivity contribution in [1.82, 2.24) is 4.90 Å². The Hall–Kier alpha value is -1.39.